The number of alkyl carbamates (subject to hydrolysis) is 1. The van der Waals surface area contributed by atoms with Crippen molar-refractivity contribution in [2.24, 2.45) is 5.92 Å². The van der Waals surface area contributed by atoms with Crippen LogP contribution < -0.4 is 10.6 Å². The number of aliphatic carboxylic acids is 1. The van der Waals surface area contributed by atoms with E-state index in [0.717, 1.165) is 16.0 Å². The van der Waals surface area contributed by atoms with Crippen LogP contribution in [0.4, 0.5) is 18.4 Å². The molecule has 4 aliphatic rings. The van der Waals surface area contributed by atoms with Crippen molar-refractivity contribution < 1.29 is 47.3 Å². The lowest BCUT2D eigenvalue weighted by Gasteiger charge is -2.31. The Hall–Kier alpha value is -4.45. The Morgan fingerprint density at radius 1 is 1.12 bits per heavy atom. The monoisotopic (exact) mass is 672 g/mol. The van der Waals surface area contributed by atoms with Crippen LogP contribution in [0.3, 0.4) is 0 Å². The van der Waals surface area contributed by atoms with Gasteiger partial charge in [-0.2, -0.15) is 0 Å². The molecule has 3 heterocycles. The van der Waals surface area contributed by atoms with Crippen LogP contribution in [0.15, 0.2) is 42.1 Å². The van der Waals surface area contributed by atoms with Gasteiger partial charge in [-0.05, 0) is 69.7 Å². The summed E-state index contributed by atoms with van der Waals surface area (Å²) in [6.07, 6.45) is -1.16. The van der Waals surface area contributed by atoms with Crippen LogP contribution in [0, 0.1) is 5.92 Å². The van der Waals surface area contributed by atoms with Crippen LogP contribution in [0.5, 0.6) is 0 Å². The van der Waals surface area contributed by atoms with Gasteiger partial charge in [0.2, 0.25) is 17.7 Å². The molecule has 1 saturated heterocycles. The van der Waals surface area contributed by atoms with E-state index in [4.69, 9.17) is 9.47 Å². The number of alkyl halides is 2. The average molecular weight is 673 g/mol. The lowest BCUT2D eigenvalue weighted by Crippen LogP contribution is -2.56. The van der Waals surface area contributed by atoms with Gasteiger partial charge in [0.1, 0.15) is 29.3 Å². The number of carbonyl (C=O) groups excluding carboxylic acids is 4. The summed E-state index contributed by atoms with van der Waals surface area (Å²) < 4.78 is 41.0. The summed E-state index contributed by atoms with van der Waals surface area (Å²) in [5.41, 5.74) is 2.24. The second-order valence-electron chi connectivity index (χ2n) is 13.9. The van der Waals surface area contributed by atoms with E-state index in [0.29, 0.717) is 19.5 Å². The molecule has 48 heavy (non-hydrogen) atoms. The number of carboxylic acids is 1. The summed E-state index contributed by atoms with van der Waals surface area (Å²) in [5, 5.41) is 15.0. The molecule has 0 unspecified atom stereocenters. The first-order valence-corrected chi connectivity index (χ1v) is 16.2. The van der Waals surface area contributed by atoms with Crippen LogP contribution >= 0.6 is 0 Å². The Bertz CT molecular complexity index is 1520. The summed E-state index contributed by atoms with van der Waals surface area (Å²) in [6.45, 7) is 5.25. The van der Waals surface area contributed by atoms with Crippen molar-refractivity contribution in [2.45, 2.75) is 108 Å². The number of rotatable bonds is 3. The highest BCUT2D eigenvalue weighted by molar-refractivity contribution is 5.96. The number of carbonyl (C=O) groups is 5. The molecular formula is C34H42F2N4O8. The molecule has 0 spiro atoms. The highest BCUT2D eigenvalue weighted by Gasteiger charge is 2.61. The van der Waals surface area contributed by atoms with Crippen LogP contribution in [0.1, 0.15) is 70.4 Å². The first kappa shape index (κ1) is 34.9. The lowest BCUT2D eigenvalue weighted by molar-refractivity contribution is -0.145. The van der Waals surface area contributed by atoms with Gasteiger partial charge in [-0.25, -0.2) is 23.2 Å². The molecule has 12 nitrogen and oxygen atoms in total. The van der Waals surface area contributed by atoms with Crippen LogP contribution in [-0.2, 0) is 36.8 Å². The van der Waals surface area contributed by atoms with Gasteiger partial charge in [-0.15, -0.1) is 5.73 Å². The van der Waals surface area contributed by atoms with E-state index in [1.165, 1.54) is 17.1 Å². The summed E-state index contributed by atoms with van der Waals surface area (Å²) >= 11 is 0. The molecule has 1 aromatic carbocycles. The molecule has 4 amide bonds. The molecule has 1 saturated carbocycles. The fourth-order valence-corrected chi connectivity index (χ4v) is 6.42. The Morgan fingerprint density at radius 2 is 1.85 bits per heavy atom. The molecule has 5 atom stereocenters. The molecule has 3 aliphatic heterocycles. The number of nitrogens with zero attached hydrogens (tertiary/aromatic N) is 2. The lowest BCUT2D eigenvalue weighted by atomic mass is 10.0. The molecule has 0 aromatic heterocycles. The SMILES string of the molecule is CC(C)(C)OC(=O)N[C@H]1CCC(F)(F)CCC=C=C[C@@H]2C[C@@]2(C(=O)O)NC(=O)[C@@H]2C[C@@H](OC(=O)N3CCc4ccccc4C3)CN2C1=O. The minimum absolute atomic E-state index is 0.0451. The number of amides is 4. The van der Waals surface area contributed by atoms with E-state index in [1.807, 2.05) is 24.3 Å². The van der Waals surface area contributed by atoms with Gasteiger partial charge in [0.15, 0.2) is 0 Å². The topological polar surface area (TPSA) is 155 Å². The average Bonchev–Trinajstić information content (AvgIpc) is 3.54. The fraction of sp³-hybridized carbons (Fsp3) is 0.588. The molecule has 5 rings (SSSR count). The predicted octanol–water partition coefficient (Wildman–Crippen LogP) is 3.92. The van der Waals surface area contributed by atoms with Crippen molar-refractivity contribution in [3.8, 4) is 0 Å². The van der Waals surface area contributed by atoms with Gasteiger partial charge in [-0.1, -0.05) is 24.3 Å². The number of fused-ring (bicyclic) bond motifs is 3. The van der Waals surface area contributed by atoms with Crippen LogP contribution in [0.25, 0.3) is 0 Å². The van der Waals surface area contributed by atoms with E-state index in [-0.39, 0.29) is 25.8 Å². The van der Waals surface area contributed by atoms with Crippen LogP contribution in [-0.4, -0.2) is 93.2 Å². The van der Waals surface area contributed by atoms with Gasteiger partial charge in [0.25, 0.3) is 0 Å². The molecule has 3 N–H and O–H groups in total. The zero-order valence-corrected chi connectivity index (χ0v) is 27.3. The summed E-state index contributed by atoms with van der Waals surface area (Å²) in [5.74, 6) is -6.80. The Labute approximate surface area is 277 Å². The van der Waals surface area contributed by atoms with Crippen molar-refractivity contribution in [1.82, 2.24) is 20.4 Å². The summed E-state index contributed by atoms with van der Waals surface area (Å²) in [4.78, 5) is 68.8. The second-order valence-corrected chi connectivity index (χ2v) is 13.9. The number of carboxylic acid groups (broad SMARTS) is 1. The van der Waals surface area contributed by atoms with Crippen molar-refractivity contribution in [1.29, 1.82) is 0 Å². The van der Waals surface area contributed by atoms with Gasteiger partial charge >= 0.3 is 18.2 Å². The quantitative estimate of drug-likeness (QED) is 0.409. The predicted molar refractivity (Wildman–Crippen MR) is 167 cm³/mol. The number of benzene rings is 1. The maximum Gasteiger partial charge on any atom is 0.410 e. The Balaban J connectivity index is 1.41. The molecular weight excluding hydrogens is 630 g/mol. The summed E-state index contributed by atoms with van der Waals surface area (Å²) in [7, 11) is 0. The molecule has 0 radical (unpaired) electrons. The van der Waals surface area contributed by atoms with Crippen molar-refractivity contribution in [3.05, 3.63) is 53.3 Å². The minimum Gasteiger partial charge on any atom is -0.479 e. The van der Waals surface area contributed by atoms with Crippen molar-refractivity contribution >= 4 is 30.0 Å². The van der Waals surface area contributed by atoms with E-state index in [9.17, 15) is 37.9 Å². The first-order chi connectivity index (χ1) is 22.6. The Kier molecular flexibility index (Phi) is 9.87. The van der Waals surface area contributed by atoms with Crippen molar-refractivity contribution in [3.63, 3.8) is 0 Å². The smallest absolute Gasteiger partial charge is 0.410 e. The maximum atomic E-state index is 15.0. The molecule has 14 heteroatoms. The summed E-state index contributed by atoms with van der Waals surface area (Å²) in [6, 6.07) is 4.88. The molecule has 0 bridgehead atoms. The van der Waals surface area contributed by atoms with Crippen molar-refractivity contribution in [2.75, 3.05) is 13.1 Å². The zero-order chi connectivity index (χ0) is 34.9. The zero-order valence-electron chi connectivity index (χ0n) is 27.3. The third-order valence-corrected chi connectivity index (χ3v) is 9.10. The highest BCUT2D eigenvalue weighted by Crippen LogP contribution is 2.45. The fourth-order valence-electron chi connectivity index (χ4n) is 6.42. The van der Waals surface area contributed by atoms with Gasteiger partial charge in [0.05, 0.1) is 6.54 Å². The largest absolute Gasteiger partial charge is 0.479 e. The maximum absolute atomic E-state index is 15.0. The van der Waals surface area contributed by atoms with E-state index < -0.39 is 90.4 Å². The normalized spacial score (nSPS) is 28.8. The number of halogens is 2. The van der Waals surface area contributed by atoms with E-state index in [1.54, 1.807) is 20.8 Å². The first-order valence-electron chi connectivity index (χ1n) is 16.2. The number of nitrogens with one attached hydrogen (secondary N) is 2. The molecule has 1 aromatic rings. The number of hydrogen-bond donors (Lipinski definition) is 3. The standard InChI is InChI=1S/C34H42F2N4O8/c1-32(2,3)48-30(45)37-25-12-15-33(35,36)14-8-4-5-11-23-18-34(23,29(43)44)38-27(41)26-17-24(20-40(26)28(25)42)47-31(46)39-16-13-21-9-6-7-10-22(21)19-39/h4,6-7,9-11,23-26H,8,12-20H2,1-3H3,(H,37,45)(H,38,41)(H,43,44)/t5?,23-,24-,25+,26+,34-/m1/s1. The third-order valence-electron chi connectivity index (χ3n) is 9.10. The minimum atomic E-state index is -3.21. The van der Waals surface area contributed by atoms with Gasteiger partial charge in [0, 0.05) is 38.3 Å². The second kappa shape index (κ2) is 13.6. The molecule has 1 aliphatic carbocycles. The van der Waals surface area contributed by atoms with Gasteiger partial charge in [-0.3, -0.25) is 9.59 Å². The Morgan fingerprint density at radius 3 is 2.56 bits per heavy atom. The molecule has 260 valence electrons. The number of ether oxygens (including phenoxy) is 2. The van der Waals surface area contributed by atoms with Gasteiger partial charge < -0.3 is 35.0 Å². The van der Waals surface area contributed by atoms with Crippen LogP contribution in [0.2, 0.25) is 0 Å². The highest BCUT2D eigenvalue weighted by atomic mass is 19.3. The molecule has 2 fully saturated rings. The van der Waals surface area contributed by atoms with E-state index >= 15 is 0 Å². The third kappa shape index (κ3) is 8.15. The number of hydrogen-bond acceptors (Lipinski definition) is 7. The van der Waals surface area contributed by atoms with E-state index in [2.05, 4.69) is 16.4 Å².